The first kappa shape index (κ1) is 27.2. The van der Waals surface area contributed by atoms with Crippen LogP contribution in [-0.2, 0) is 9.53 Å². The molecule has 1 N–H and O–H groups in total. The number of carbonyl (C=O) groups is 1. The minimum Gasteiger partial charge on any atom is -0.482 e. The highest BCUT2D eigenvalue weighted by Crippen LogP contribution is 2.54. The quantitative estimate of drug-likeness (QED) is 0.304. The van der Waals surface area contributed by atoms with Crippen LogP contribution in [-0.4, -0.2) is 17.7 Å². The molecule has 4 rings (SSSR count). The highest BCUT2D eigenvalue weighted by Gasteiger charge is 2.42. The van der Waals surface area contributed by atoms with Crippen LogP contribution in [0.2, 0.25) is 10.0 Å². The molecule has 0 spiro atoms. The van der Waals surface area contributed by atoms with Crippen molar-refractivity contribution in [2.75, 3.05) is 6.61 Å². The molecule has 0 saturated carbocycles. The summed E-state index contributed by atoms with van der Waals surface area (Å²) in [5.74, 6) is -1.22. The number of aryl methyl sites for hydroxylation is 1. The summed E-state index contributed by atoms with van der Waals surface area (Å²) in [5, 5.41) is 10.5. The minimum absolute atomic E-state index is 0.0910. The molecule has 4 nitrogen and oxygen atoms in total. The van der Waals surface area contributed by atoms with E-state index in [1.165, 1.54) is 12.1 Å². The molecule has 0 aliphatic carbocycles. The fourth-order valence-corrected chi connectivity index (χ4v) is 5.51. The molecule has 0 unspecified atom stereocenters. The minimum atomic E-state index is -1.08. The van der Waals surface area contributed by atoms with E-state index in [0.29, 0.717) is 27.8 Å². The summed E-state index contributed by atoms with van der Waals surface area (Å²) < 4.78 is 26.5. The van der Waals surface area contributed by atoms with Gasteiger partial charge in [-0.1, -0.05) is 59.6 Å². The largest absolute Gasteiger partial charge is 0.482 e. The zero-order valence-electron chi connectivity index (χ0n) is 20.9. The van der Waals surface area contributed by atoms with Gasteiger partial charge < -0.3 is 14.6 Å². The Balaban J connectivity index is 1.87. The van der Waals surface area contributed by atoms with Gasteiger partial charge in [-0.05, 0) is 79.8 Å². The monoisotopic (exact) mass is 542 g/mol. The van der Waals surface area contributed by atoms with Crippen molar-refractivity contribution in [3.63, 3.8) is 0 Å². The van der Waals surface area contributed by atoms with Crippen molar-refractivity contribution >= 4 is 29.2 Å². The Kier molecular flexibility index (Phi) is 8.27. The zero-order chi connectivity index (χ0) is 26.9. The molecule has 0 radical (unpaired) electrons. The molecule has 3 aromatic carbocycles. The number of halogens is 3. The SMILES string of the molecule is C=C(C)[C@H]1C[C@H](c2cccc(Cl)c2)[C@H](c2ccc(F)cc2)O[C@@H]1c1c(OCC(=O)O)cc(C)c(Cl)c1C. The van der Waals surface area contributed by atoms with Gasteiger partial charge in [0.1, 0.15) is 11.6 Å². The van der Waals surface area contributed by atoms with Crippen molar-refractivity contribution in [1.82, 2.24) is 0 Å². The number of aliphatic carboxylic acids is 1. The van der Waals surface area contributed by atoms with Gasteiger partial charge in [-0.15, -0.1) is 0 Å². The summed E-state index contributed by atoms with van der Waals surface area (Å²) in [6.07, 6.45) is -0.289. The number of carboxylic acid groups (broad SMARTS) is 1. The van der Waals surface area contributed by atoms with Gasteiger partial charge in [-0.25, -0.2) is 9.18 Å². The van der Waals surface area contributed by atoms with E-state index in [9.17, 15) is 14.3 Å². The van der Waals surface area contributed by atoms with Crippen molar-refractivity contribution in [2.24, 2.45) is 5.92 Å². The highest BCUT2D eigenvalue weighted by atomic mass is 35.5. The zero-order valence-corrected chi connectivity index (χ0v) is 22.4. The van der Waals surface area contributed by atoms with Crippen LogP contribution in [0, 0.1) is 25.6 Å². The fraction of sp³-hybridized carbons (Fsp3) is 0.300. The lowest BCUT2D eigenvalue weighted by Crippen LogP contribution is -2.32. The normalized spacial score (nSPS) is 21.5. The Hall–Kier alpha value is -2.86. The number of hydrogen-bond donors (Lipinski definition) is 1. The lowest BCUT2D eigenvalue weighted by Gasteiger charge is -2.44. The second kappa shape index (κ2) is 11.3. The third kappa shape index (κ3) is 5.85. The summed E-state index contributed by atoms with van der Waals surface area (Å²) in [7, 11) is 0. The van der Waals surface area contributed by atoms with Gasteiger partial charge in [0, 0.05) is 27.4 Å². The molecule has 0 aromatic heterocycles. The molecular formula is C30H29Cl2FO4. The lowest BCUT2D eigenvalue weighted by molar-refractivity contribution is -0.139. The smallest absolute Gasteiger partial charge is 0.341 e. The molecular weight excluding hydrogens is 514 g/mol. The third-order valence-electron chi connectivity index (χ3n) is 6.97. The topological polar surface area (TPSA) is 55.8 Å². The summed E-state index contributed by atoms with van der Waals surface area (Å²) in [6, 6.07) is 15.7. The van der Waals surface area contributed by atoms with Crippen LogP contribution < -0.4 is 4.74 Å². The third-order valence-corrected chi connectivity index (χ3v) is 7.79. The number of ether oxygens (including phenoxy) is 2. The van der Waals surface area contributed by atoms with Gasteiger partial charge in [0.15, 0.2) is 6.61 Å². The van der Waals surface area contributed by atoms with E-state index in [2.05, 4.69) is 6.58 Å². The fourth-order valence-electron chi connectivity index (χ4n) is 5.16. The van der Waals surface area contributed by atoms with E-state index in [1.54, 1.807) is 18.2 Å². The molecule has 37 heavy (non-hydrogen) atoms. The van der Waals surface area contributed by atoms with Crippen LogP contribution in [0.4, 0.5) is 4.39 Å². The molecule has 3 aromatic rings. The first-order valence-corrected chi connectivity index (χ1v) is 12.8. The predicted octanol–water partition coefficient (Wildman–Crippen LogP) is 8.39. The molecule has 7 heteroatoms. The standard InChI is InChI=1S/C30H29Cl2FO4/c1-16(2)23-14-24(20-6-5-7-21(31)13-20)29(19-8-10-22(33)11-9-19)37-30(23)27-18(4)28(32)17(3)12-25(27)36-15-26(34)35/h5-13,23-24,29-30H,1,14-15H2,2-4H3,(H,34,35)/t23-,24-,29+,30+/m1/s1. The molecule has 0 amide bonds. The number of rotatable bonds is 7. The summed E-state index contributed by atoms with van der Waals surface area (Å²) in [6.45, 7) is 9.45. The Bertz CT molecular complexity index is 1320. The maximum atomic E-state index is 13.8. The van der Waals surface area contributed by atoms with E-state index in [4.69, 9.17) is 32.7 Å². The average molecular weight is 543 g/mol. The molecule has 1 aliphatic heterocycles. The van der Waals surface area contributed by atoms with Crippen LogP contribution in [0.3, 0.4) is 0 Å². The van der Waals surface area contributed by atoms with Crippen LogP contribution in [0.15, 0.2) is 66.7 Å². The van der Waals surface area contributed by atoms with Crippen molar-refractivity contribution in [1.29, 1.82) is 0 Å². The van der Waals surface area contributed by atoms with Gasteiger partial charge in [0.2, 0.25) is 0 Å². The lowest BCUT2D eigenvalue weighted by atomic mass is 9.73. The van der Waals surface area contributed by atoms with Gasteiger partial charge >= 0.3 is 5.97 Å². The number of hydrogen-bond acceptors (Lipinski definition) is 3. The van der Waals surface area contributed by atoms with Gasteiger partial charge in [0.05, 0.1) is 12.2 Å². The summed E-state index contributed by atoms with van der Waals surface area (Å²) in [4.78, 5) is 11.3. The second-order valence-electron chi connectivity index (χ2n) is 9.61. The van der Waals surface area contributed by atoms with Crippen molar-refractivity contribution < 1.29 is 23.8 Å². The van der Waals surface area contributed by atoms with E-state index < -0.39 is 24.8 Å². The van der Waals surface area contributed by atoms with Crippen LogP contribution in [0.25, 0.3) is 0 Å². The van der Waals surface area contributed by atoms with Crippen LogP contribution in [0.1, 0.15) is 59.3 Å². The van der Waals surface area contributed by atoms with E-state index in [1.807, 2.05) is 45.0 Å². The summed E-state index contributed by atoms with van der Waals surface area (Å²) in [5.41, 5.74) is 4.97. The second-order valence-corrected chi connectivity index (χ2v) is 10.4. The van der Waals surface area contributed by atoms with E-state index >= 15 is 0 Å². The predicted molar refractivity (Wildman–Crippen MR) is 144 cm³/mol. The van der Waals surface area contributed by atoms with Gasteiger partial charge in [-0.3, -0.25) is 0 Å². The average Bonchev–Trinajstić information content (AvgIpc) is 2.86. The first-order chi connectivity index (χ1) is 17.6. The Labute approximate surface area is 226 Å². The molecule has 0 bridgehead atoms. The maximum Gasteiger partial charge on any atom is 0.341 e. The highest BCUT2D eigenvalue weighted by molar-refractivity contribution is 6.32. The molecule has 4 atom stereocenters. The Morgan fingerprint density at radius 2 is 1.81 bits per heavy atom. The first-order valence-electron chi connectivity index (χ1n) is 12.0. The van der Waals surface area contributed by atoms with E-state index in [-0.39, 0.29) is 17.7 Å². The van der Waals surface area contributed by atoms with E-state index in [0.717, 1.165) is 27.8 Å². The molecule has 1 heterocycles. The number of benzene rings is 3. The molecule has 1 saturated heterocycles. The van der Waals surface area contributed by atoms with Crippen LogP contribution in [0.5, 0.6) is 5.75 Å². The van der Waals surface area contributed by atoms with Crippen molar-refractivity contribution in [3.8, 4) is 5.75 Å². The summed E-state index contributed by atoms with van der Waals surface area (Å²) >= 11 is 13.0. The Morgan fingerprint density at radius 1 is 1.11 bits per heavy atom. The maximum absolute atomic E-state index is 13.8. The van der Waals surface area contributed by atoms with Crippen molar-refractivity contribution in [2.45, 2.75) is 45.3 Å². The van der Waals surface area contributed by atoms with Crippen molar-refractivity contribution in [3.05, 3.63) is 110 Å². The van der Waals surface area contributed by atoms with Crippen LogP contribution >= 0.6 is 23.2 Å². The Morgan fingerprint density at radius 3 is 2.43 bits per heavy atom. The van der Waals surface area contributed by atoms with Gasteiger partial charge in [0.25, 0.3) is 0 Å². The molecule has 1 aliphatic rings. The molecule has 1 fully saturated rings. The van der Waals surface area contributed by atoms with Gasteiger partial charge in [-0.2, -0.15) is 0 Å². The number of carboxylic acids is 1. The molecule has 194 valence electrons.